The number of aryl methyl sites for hydroxylation is 2. The Morgan fingerprint density at radius 3 is 2.61 bits per heavy atom. The average molecular weight is 329 g/mol. The van der Waals surface area contributed by atoms with E-state index in [1.807, 2.05) is 36.9 Å². The van der Waals surface area contributed by atoms with Gasteiger partial charge in [-0.25, -0.2) is 9.97 Å². The molecule has 0 spiro atoms. The fourth-order valence-electron chi connectivity index (χ4n) is 2.35. The summed E-state index contributed by atoms with van der Waals surface area (Å²) in [5.74, 6) is 1.49. The standard InChI is InChI=1S/C16H17ClN6/c1-10-9-23(2)15(21-10)12-5-3-11(4-6-12)7-19-14-13(18)8-20-16(17)22-14/h3-6,8-9H,7,18H2,1-2H3,(H,19,20,22). The molecule has 3 rings (SSSR count). The summed E-state index contributed by atoms with van der Waals surface area (Å²) in [7, 11) is 1.99. The molecule has 0 aliphatic carbocycles. The van der Waals surface area contributed by atoms with Crippen LogP contribution in [-0.4, -0.2) is 19.5 Å². The number of hydrogen-bond donors (Lipinski definition) is 2. The molecule has 0 amide bonds. The Morgan fingerprint density at radius 1 is 1.22 bits per heavy atom. The molecule has 23 heavy (non-hydrogen) atoms. The van der Waals surface area contributed by atoms with Crippen LogP contribution in [0.4, 0.5) is 11.5 Å². The first-order valence-electron chi connectivity index (χ1n) is 7.14. The molecule has 1 aromatic carbocycles. The molecule has 0 bridgehead atoms. The van der Waals surface area contributed by atoms with E-state index in [0.29, 0.717) is 18.1 Å². The maximum absolute atomic E-state index is 5.82. The predicted octanol–water partition coefficient (Wildman–Crippen LogP) is 3.03. The van der Waals surface area contributed by atoms with Gasteiger partial charge in [-0.15, -0.1) is 0 Å². The van der Waals surface area contributed by atoms with Gasteiger partial charge >= 0.3 is 0 Å². The van der Waals surface area contributed by atoms with E-state index in [9.17, 15) is 0 Å². The van der Waals surface area contributed by atoms with Gasteiger partial charge < -0.3 is 15.6 Å². The van der Waals surface area contributed by atoms with Crippen molar-refractivity contribution in [1.82, 2.24) is 19.5 Å². The van der Waals surface area contributed by atoms with Gasteiger partial charge in [0.05, 0.1) is 17.6 Å². The molecule has 2 aromatic heterocycles. The molecule has 0 atom stereocenters. The number of hydrogen-bond acceptors (Lipinski definition) is 5. The lowest BCUT2D eigenvalue weighted by Gasteiger charge is -2.09. The molecule has 0 fully saturated rings. The molecule has 0 radical (unpaired) electrons. The minimum absolute atomic E-state index is 0.169. The molecule has 7 heteroatoms. The van der Waals surface area contributed by atoms with Crippen LogP contribution in [0.2, 0.25) is 5.28 Å². The van der Waals surface area contributed by atoms with Crippen molar-refractivity contribution in [1.29, 1.82) is 0 Å². The normalized spacial score (nSPS) is 10.7. The van der Waals surface area contributed by atoms with Gasteiger partial charge in [0, 0.05) is 25.4 Å². The fourth-order valence-corrected chi connectivity index (χ4v) is 2.49. The van der Waals surface area contributed by atoms with Crippen LogP contribution < -0.4 is 11.1 Å². The van der Waals surface area contributed by atoms with Crippen molar-refractivity contribution in [3.05, 3.63) is 53.2 Å². The Morgan fingerprint density at radius 2 is 1.96 bits per heavy atom. The van der Waals surface area contributed by atoms with Gasteiger partial charge in [0.25, 0.3) is 0 Å². The molecule has 6 nitrogen and oxygen atoms in total. The molecule has 0 unspecified atom stereocenters. The average Bonchev–Trinajstić information content (AvgIpc) is 2.87. The van der Waals surface area contributed by atoms with Crippen molar-refractivity contribution in [3.63, 3.8) is 0 Å². The Bertz CT molecular complexity index is 825. The van der Waals surface area contributed by atoms with Crippen LogP contribution in [-0.2, 0) is 13.6 Å². The fraction of sp³-hybridized carbons (Fsp3) is 0.188. The summed E-state index contributed by atoms with van der Waals surface area (Å²) in [5.41, 5.74) is 9.47. The van der Waals surface area contributed by atoms with Crippen molar-refractivity contribution in [2.24, 2.45) is 7.05 Å². The summed E-state index contributed by atoms with van der Waals surface area (Å²) in [5, 5.41) is 3.33. The summed E-state index contributed by atoms with van der Waals surface area (Å²) in [4.78, 5) is 12.4. The molecule has 0 aliphatic rings. The zero-order valence-corrected chi connectivity index (χ0v) is 13.7. The third-order valence-electron chi connectivity index (χ3n) is 3.46. The van der Waals surface area contributed by atoms with Crippen LogP contribution in [0.3, 0.4) is 0 Å². The highest BCUT2D eigenvalue weighted by atomic mass is 35.5. The van der Waals surface area contributed by atoms with Crippen LogP contribution in [0.25, 0.3) is 11.4 Å². The van der Waals surface area contributed by atoms with Gasteiger partial charge in [-0.3, -0.25) is 0 Å². The minimum Gasteiger partial charge on any atom is -0.394 e. The highest BCUT2D eigenvalue weighted by molar-refractivity contribution is 6.28. The Hall–Kier alpha value is -2.60. The van der Waals surface area contributed by atoms with E-state index in [2.05, 4.69) is 32.4 Å². The second-order valence-corrected chi connectivity index (χ2v) is 5.65. The molecule has 2 heterocycles. The van der Waals surface area contributed by atoms with Crippen molar-refractivity contribution in [2.75, 3.05) is 11.1 Å². The summed E-state index contributed by atoms with van der Waals surface area (Å²) in [6.07, 6.45) is 3.50. The summed E-state index contributed by atoms with van der Waals surface area (Å²) in [6, 6.07) is 8.20. The maximum Gasteiger partial charge on any atom is 0.224 e. The number of rotatable bonds is 4. The number of nitrogens with zero attached hydrogens (tertiary/aromatic N) is 4. The molecule has 0 aliphatic heterocycles. The number of halogens is 1. The third kappa shape index (κ3) is 3.43. The van der Waals surface area contributed by atoms with Crippen molar-refractivity contribution in [3.8, 4) is 11.4 Å². The second-order valence-electron chi connectivity index (χ2n) is 5.31. The van der Waals surface area contributed by atoms with E-state index in [-0.39, 0.29) is 5.28 Å². The van der Waals surface area contributed by atoms with Gasteiger partial charge in [-0.1, -0.05) is 24.3 Å². The lowest BCUT2D eigenvalue weighted by atomic mass is 10.1. The first kappa shape index (κ1) is 15.3. The van der Waals surface area contributed by atoms with E-state index in [4.69, 9.17) is 17.3 Å². The molecular weight excluding hydrogens is 312 g/mol. The molecule has 3 aromatic rings. The number of nitrogens with two attached hydrogens (primary N) is 1. The van der Waals surface area contributed by atoms with Crippen LogP contribution in [0.5, 0.6) is 0 Å². The van der Waals surface area contributed by atoms with Crippen LogP contribution in [0.15, 0.2) is 36.7 Å². The third-order valence-corrected chi connectivity index (χ3v) is 3.64. The topological polar surface area (TPSA) is 81.7 Å². The minimum atomic E-state index is 0.169. The quantitative estimate of drug-likeness (QED) is 0.719. The second kappa shape index (κ2) is 6.26. The van der Waals surface area contributed by atoms with Crippen LogP contribution in [0, 0.1) is 6.92 Å². The van der Waals surface area contributed by atoms with E-state index >= 15 is 0 Å². The number of anilines is 2. The number of aromatic nitrogens is 4. The Balaban J connectivity index is 1.73. The monoisotopic (exact) mass is 328 g/mol. The Kier molecular flexibility index (Phi) is 4.16. The number of nitrogens with one attached hydrogen (secondary N) is 1. The van der Waals surface area contributed by atoms with Crippen molar-refractivity contribution in [2.45, 2.75) is 13.5 Å². The van der Waals surface area contributed by atoms with Gasteiger partial charge in [0.15, 0.2) is 5.82 Å². The lowest BCUT2D eigenvalue weighted by molar-refractivity contribution is 0.924. The largest absolute Gasteiger partial charge is 0.394 e. The molecule has 118 valence electrons. The first-order valence-corrected chi connectivity index (χ1v) is 7.52. The molecule has 0 saturated heterocycles. The van der Waals surface area contributed by atoms with E-state index in [0.717, 1.165) is 22.6 Å². The smallest absolute Gasteiger partial charge is 0.224 e. The highest BCUT2D eigenvalue weighted by Gasteiger charge is 2.06. The zero-order valence-electron chi connectivity index (χ0n) is 12.9. The molecule has 0 saturated carbocycles. The van der Waals surface area contributed by atoms with Crippen molar-refractivity contribution < 1.29 is 0 Å². The van der Waals surface area contributed by atoms with Gasteiger partial charge in [0.1, 0.15) is 5.82 Å². The number of imidazole rings is 1. The van der Waals surface area contributed by atoms with Gasteiger partial charge in [0.2, 0.25) is 5.28 Å². The van der Waals surface area contributed by atoms with E-state index < -0.39 is 0 Å². The summed E-state index contributed by atoms with van der Waals surface area (Å²) in [6.45, 7) is 2.58. The van der Waals surface area contributed by atoms with Crippen LogP contribution in [0.1, 0.15) is 11.3 Å². The number of nitrogen functional groups attached to an aromatic ring is 1. The summed E-state index contributed by atoms with van der Waals surface area (Å²) < 4.78 is 2.02. The molecular formula is C16H17ClN6. The van der Waals surface area contributed by atoms with E-state index in [1.165, 1.54) is 6.20 Å². The number of benzene rings is 1. The van der Waals surface area contributed by atoms with Crippen LogP contribution >= 0.6 is 11.6 Å². The maximum atomic E-state index is 5.82. The van der Waals surface area contributed by atoms with E-state index in [1.54, 1.807) is 0 Å². The van der Waals surface area contributed by atoms with Gasteiger partial charge in [-0.05, 0) is 24.1 Å². The highest BCUT2D eigenvalue weighted by Crippen LogP contribution is 2.20. The SMILES string of the molecule is Cc1cn(C)c(-c2ccc(CNc3nc(Cl)ncc3N)cc2)n1. The first-order chi connectivity index (χ1) is 11.0. The van der Waals surface area contributed by atoms with Crippen molar-refractivity contribution >= 4 is 23.1 Å². The predicted molar refractivity (Wildman–Crippen MR) is 92.2 cm³/mol. The van der Waals surface area contributed by atoms with Gasteiger partial charge in [-0.2, -0.15) is 4.98 Å². The zero-order chi connectivity index (χ0) is 16.4. The summed E-state index contributed by atoms with van der Waals surface area (Å²) >= 11 is 5.78. The Labute approximate surface area is 139 Å². The lowest BCUT2D eigenvalue weighted by Crippen LogP contribution is -2.05. The molecule has 3 N–H and O–H groups in total.